The second kappa shape index (κ2) is 4.92. The summed E-state index contributed by atoms with van der Waals surface area (Å²) in [5, 5.41) is -0.542. The molecule has 0 aliphatic heterocycles. The van der Waals surface area contributed by atoms with Crippen LogP contribution in [0.25, 0.3) is 0 Å². The van der Waals surface area contributed by atoms with Crippen LogP contribution in [0.5, 0.6) is 0 Å². The zero-order valence-corrected chi connectivity index (χ0v) is 8.38. The number of benzene rings is 1. The fourth-order valence-electron chi connectivity index (χ4n) is 1.02. The molecule has 0 aliphatic carbocycles. The summed E-state index contributed by atoms with van der Waals surface area (Å²) in [7, 11) is 0. The number of ether oxygens (including phenoxy) is 1. The van der Waals surface area contributed by atoms with E-state index in [9.17, 15) is 4.79 Å². The SMILES string of the molecule is CCc1ccc(COC(=O)S)cc1. The van der Waals surface area contributed by atoms with E-state index in [0.29, 0.717) is 6.61 Å². The minimum atomic E-state index is -0.542. The van der Waals surface area contributed by atoms with Crippen LogP contribution < -0.4 is 0 Å². The topological polar surface area (TPSA) is 26.3 Å². The molecule has 1 aromatic rings. The molecule has 70 valence electrons. The average molecular weight is 196 g/mol. The first kappa shape index (κ1) is 10.1. The molecule has 0 saturated heterocycles. The Morgan fingerprint density at radius 1 is 1.31 bits per heavy atom. The molecule has 0 aliphatic rings. The van der Waals surface area contributed by atoms with E-state index in [1.807, 2.05) is 24.3 Å². The third kappa shape index (κ3) is 3.51. The molecule has 0 amide bonds. The maximum atomic E-state index is 10.4. The lowest BCUT2D eigenvalue weighted by molar-refractivity contribution is 0.169. The number of rotatable bonds is 3. The van der Waals surface area contributed by atoms with Crippen molar-refractivity contribution >= 4 is 17.9 Å². The molecular formula is C10H12O2S. The van der Waals surface area contributed by atoms with Gasteiger partial charge in [-0.3, -0.25) is 0 Å². The van der Waals surface area contributed by atoms with Gasteiger partial charge in [0, 0.05) is 0 Å². The molecule has 0 heterocycles. The second-order valence-corrected chi connectivity index (χ2v) is 3.09. The summed E-state index contributed by atoms with van der Waals surface area (Å²) in [5.74, 6) is 0. The van der Waals surface area contributed by atoms with Gasteiger partial charge in [0.15, 0.2) is 0 Å². The highest BCUT2D eigenvalue weighted by atomic mass is 32.1. The fourth-order valence-corrected chi connectivity index (χ4v) is 1.08. The number of carbonyl (C=O) groups is 1. The number of aryl methyl sites for hydroxylation is 1. The second-order valence-electron chi connectivity index (χ2n) is 2.72. The summed E-state index contributed by atoms with van der Waals surface area (Å²) < 4.78 is 4.73. The lowest BCUT2D eigenvalue weighted by atomic mass is 10.1. The summed E-state index contributed by atoms with van der Waals surface area (Å²) in [6, 6.07) is 7.97. The van der Waals surface area contributed by atoms with Crippen molar-refractivity contribution in [2.75, 3.05) is 0 Å². The largest absolute Gasteiger partial charge is 0.453 e. The van der Waals surface area contributed by atoms with E-state index < -0.39 is 5.30 Å². The monoisotopic (exact) mass is 196 g/mol. The minimum absolute atomic E-state index is 0.298. The van der Waals surface area contributed by atoms with Gasteiger partial charge in [-0.15, -0.1) is 0 Å². The van der Waals surface area contributed by atoms with Crippen LogP contribution in [0.1, 0.15) is 18.1 Å². The van der Waals surface area contributed by atoms with E-state index in [-0.39, 0.29) is 0 Å². The molecule has 0 saturated carbocycles. The van der Waals surface area contributed by atoms with Gasteiger partial charge < -0.3 is 4.74 Å². The van der Waals surface area contributed by atoms with Gasteiger partial charge in [0.05, 0.1) is 0 Å². The molecule has 0 bridgehead atoms. The highest BCUT2D eigenvalue weighted by molar-refractivity contribution is 7.96. The molecule has 0 N–H and O–H groups in total. The van der Waals surface area contributed by atoms with E-state index in [1.54, 1.807) is 0 Å². The number of hydrogen-bond acceptors (Lipinski definition) is 2. The van der Waals surface area contributed by atoms with Gasteiger partial charge in [0.2, 0.25) is 0 Å². The number of hydrogen-bond donors (Lipinski definition) is 1. The Bertz CT molecular complexity index is 279. The molecule has 1 rings (SSSR count). The molecule has 0 atom stereocenters. The molecule has 0 spiro atoms. The van der Waals surface area contributed by atoms with Gasteiger partial charge in [-0.2, -0.15) is 0 Å². The summed E-state index contributed by atoms with van der Waals surface area (Å²) in [6.07, 6.45) is 1.02. The first-order valence-electron chi connectivity index (χ1n) is 4.16. The van der Waals surface area contributed by atoms with Gasteiger partial charge in [0.1, 0.15) is 6.61 Å². The first-order valence-corrected chi connectivity index (χ1v) is 4.60. The molecule has 0 radical (unpaired) electrons. The highest BCUT2D eigenvalue weighted by Crippen LogP contribution is 2.06. The Morgan fingerprint density at radius 3 is 2.31 bits per heavy atom. The van der Waals surface area contributed by atoms with Crippen molar-refractivity contribution in [1.29, 1.82) is 0 Å². The summed E-state index contributed by atoms with van der Waals surface area (Å²) in [5.41, 5.74) is 2.26. The van der Waals surface area contributed by atoms with Crippen LogP contribution in [0, 0.1) is 0 Å². The molecular weight excluding hydrogens is 184 g/mol. The summed E-state index contributed by atoms with van der Waals surface area (Å²) >= 11 is 3.51. The molecule has 2 nitrogen and oxygen atoms in total. The third-order valence-corrected chi connectivity index (χ3v) is 1.92. The smallest absolute Gasteiger partial charge is 0.364 e. The van der Waals surface area contributed by atoms with Gasteiger partial charge in [-0.1, -0.05) is 43.8 Å². The minimum Gasteiger partial charge on any atom is -0.453 e. The maximum absolute atomic E-state index is 10.4. The predicted molar refractivity (Wildman–Crippen MR) is 55.0 cm³/mol. The Morgan fingerprint density at radius 2 is 1.85 bits per heavy atom. The zero-order chi connectivity index (χ0) is 9.68. The Labute approximate surface area is 83.3 Å². The first-order chi connectivity index (χ1) is 6.22. The predicted octanol–water partition coefficient (Wildman–Crippen LogP) is 2.82. The van der Waals surface area contributed by atoms with Crippen molar-refractivity contribution in [3.63, 3.8) is 0 Å². The number of carbonyl (C=O) groups excluding carboxylic acids is 1. The Kier molecular flexibility index (Phi) is 3.83. The van der Waals surface area contributed by atoms with E-state index in [4.69, 9.17) is 4.74 Å². The average Bonchev–Trinajstić information content (AvgIpc) is 2.15. The van der Waals surface area contributed by atoms with Crippen LogP contribution >= 0.6 is 12.6 Å². The molecule has 0 aromatic heterocycles. The van der Waals surface area contributed by atoms with Crippen molar-refractivity contribution in [2.24, 2.45) is 0 Å². The molecule has 0 unspecified atom stereocenters. The van der Waals surface area contributed by atoms with Crippen molar-refractivity contribution < 1.29 is 9.53 Å². The summed E-state index contributed by atoms with van der Waals surface area (Å²) in [6.45, 7) is 2.40. The highest BCUT2D eigenvalue weighted by Gasteiger charge is 1.96. The third-order valence-electron chi connectivity index (χ3n) is 1.79. The Balaban J connectivity index is 2.54. The van der Waals surface area contributed by atoms with Crippen LogP contribution in [-0.2, 0) is 17.8 Å². The van der Waals surface area contributed by atoms with Gasteiger partial charge in [-0.05, 0) is 17.5 Å². The van der Waals surface area contributed by atoms with Crippen molar-refractivity contribution in [1.82, 2.24) is 0 Å². The van der Waals surface area contributed by atoms with E-state index >= 15 is 0 Å². The van der Waals surface area contributed by atoms with E-state index in [1.165, 1.54) is 5.56 Å². The maximum Gasteiger partial charge on any atom is 0.364 e. The normalized spacial score (nSPS) is 9.69. The Hall–Kier alpha value is -0.960. The molecule has 0 fully saturated rings. The van der Waals surface area contributed by atoms with Crippen molar-refractivity contribution in [3.8, 4) is 0 Å². The van der Waals surface area contributed by atoms with Crippen molar-refractivity contribution in [2.45, 2.75) is 20.0 Å². The van der Waals surface area contributed by atoms with Gasteiger partial charge in [-0.25, -0.2) is 4.79 Å². The van der Waals surface area contributed by atoms with Crippen LogP contribution in [0.3, 0.4) is 0 Å². The zero-order valence-electron chi connectivity index (χ0n) is 7.49. The van der Waals surface area contributed by atoms with Crippen LogP contribution in [0.4, 0.5) is 4.79 Å². The quantitative estimate of drug-likeness (QED) is 0.594. The fraction of sp³-hybridized carbons (Fsp3) is 0.300. The molecule has 3 heteroatoms. The van der Waals surface area contributed by atoms with Gasteiger partial charge in [0.25, 0.3) is 0 Å². The molecule has 13 heavy (non-hydrogen) atoms. The lowest BCUT2D eigenvalue weighted by Crippen LogP contribution is -1.94. The lowest BCUT2D eigenvalue weighted by Gasteiger charge is -2.02. The molecule has 1 aromatic carbocycles. The van der Waals surface area contributed by atoms with E-state index in [2.05, 4.69) is 19.6 Å². The van der Waals surface area contributed by atoms with Gasteiger partial charge >= 0.3 is 5.30 Å². The standard InChI is InChI=1S/C10H12O2S/c1-2-8-3-5-9(6-4-8)7-12-10(11)13/h3-6H,2,7H2,1H3,(H,11,13). The van der Waals surface area contributed by atoms with Crippen LogP contribution in [0.15, 0.2) is 24.3 Å². The number of thiol groups is 1. The van der Waals surface area contributed by atoms with E-state index in [0.717, 1.165) is 12.0 Å². The van der Waals surface area contributed by atoms with Crippen LogP contribution in [-0.4, -0.2) is 5.30 Å². The van der Waals surface area contributed by atoms with Crippen molar-refractivity contribution in [3.05, 3.63) is 35.4 Å². The summed E-state index contributed by atoms with van der Waals surface area (Å²) in [4.78, 5) is 10.4. The van der Waals surface area contributed by atoms with Crippen LogP contribution in [0.2, 0.25) is 0 Å².